The molecule has 0 atom stereocenters. The minimum atomic E-state index is -4.51. The maximum Gasteiger partial charge on any atom is 0.416 e. The molecule has 1 aromatic carbocycles. The molecule has 0 radical (unpaired) electrons. The van der Waals surface area contributed by atoms with E-state index in [1.165, 1.54) is 11.0 Å². The minimum absolute atomic E-state index is 0.0940. The molecule has 1 aromatic rings. The largest absolute Gasteiger partial charge is 0.416 e. The number of nitrogens with zero attached hydrogens (tertiary/aromatic N) is 2. The van der Waals surface area contributed by atoms with Crippen LogP contribution in [0.5, 0.6) is 0 Å². The lowest BCUT2D eigenvalue weighted by molar-refractivity contribution is -0.137. The summed E-state index contributed by atoms with van der Waals surface area (Å²) in [5.74, 6) is -0.591. The molecule has 0 aliphatic rings. The summed E-state index contributed by atoms with van der Waals surface area (Å²) in [7, 11) is 0. The van der Waals surface area contributed by atoms with Crippen LogP contribution in [0.25, 0.3) is 0 Å². The van der Waals surface area contributed by atoms with E-state index in [9.17, 15) is 18.0 Å². The van der Waals surface area contributed by atoms with Gasteiger partial charge in [0.25, 0.3) is 5.91 Å². The molecule has 0 unspecified atom stereocenters. The molecule has 1 rings (SSSR count). The minimum Gasteiger partial charge on any atom is -0.325 e. The van der Waals surface area contributed by atoms with Crippen molar-refractivity contribution in [1.82, 2.24) is 4.90 Å². The fourth-order valence-corrected chi connectivity index (χ4v) is 2.06. The van der Waals surface area contributed by atoms with E-state index in [1.807, 2.05) is 13.0 Å². The molecule has 1 amide bonds. The fraction of sp³-hybridized carbons (Fsp3) is 0.385. The van der Waals surface area contributed by atoms with Crippen LogP contribution >= 0.6 is 15.9 Å². The van der Waals surface area contributed by atoms with Crippen molar-refractivity contribution < 1.29 is 18.0 Å². The molecule has 0 heterocycles. The van der Waals surface area contributed by atoms with Crippen LogP contribution in [0, 0.1) is 11.3 Å². The van der Waals surface area contributed by atoms with E-state index in [4.69, 9.17) is 5.26 Å². The highest BCUT2D eigenvalue weighted by Crippen LogP contribution is 2.32. The van der Waals surface area contributed by atoms with Gasteiger partial charge >= 0.3 is 6.18 Å². The number of rotatable bonds is 4. The van der Waals surface area contributed by atoms with Gasteiger partial charge in [0.1, 0.15) is 6.54 Å². The van der Waals surface area contributed by atoms with E-state index < -0.39 is 17.6 Å². The number of halogens is 4. The molecule has 3 nitrogen and oxygen atoms in total. The van der Waals surface area contributed by atoms with Crippen molar-refractivity contribution in [3.63, 3.8) is 0 Å². The van der Waals surface area contributed by atoms with E-state index in [0.717, 1.165) is 12.1 Å². The van der Waals surface area contributed by atoms with Gasteiger partial charge in [0, 0.05) is 11.0 Å². The molecule has 0 saturated heterocycles. The van der Waals surface area contributed by atoms with Crippen molar-refractivity contribution in [1.29, 1.82) is 5.26 Å². The third-order valence-electron chi connectivity index (χ3n) is 2.57. The second-order valence-electron chi connectivity index (χ2n) is 4.08. The summed E-state index contributed by atoms with van der Waals surface area (Å²) in [6.45, 7) is 1.98. The van der Waals surface area contributed by atoms with Gasteiger partial charge in [0.2, 0.25) is 0 Å². The molecule has 0 aliphatic carbocycles. The van der Waals surface area contributed by atoms with Gasteiger partial charge in [-0.2, -0.15) is 18.4 Å². The third kappa shape index (κ3) is 3.97. The number of carbonyl (C=O) groups is 1. The molecule has 7 heteroatoms. The Labute approximate surface area is 123 Å². The molecule has 0 aromatic heterocycles. The van der Waals surface area contributed by atoms with Gasteiger partial charge in [-0.3, -0.25) is 4.79 Å². The number of amides is 1. The van der Waals surface area contributed by atoms with Gasteiger partial charge < -0.3 is 4.90 Å². The quantitative estimate of drug-likeness (QED) is 0.776. The number of nitriles is 1. The summed E-state index contributed by atoms with van der Waals surface area (Å²) in [4.78, 5) is 13.4. The van der Waals surface area contributed by atoms with Gasteiger partial charge in [-0.25, -0.2) is 0 Å². The second kappa shape index (κ2) is 6.75. The van der Waals surface area contributed by atoms with E-state index in [1.54, 1.807) is 0 Å². The summed E-state index contributed by atoms with van der Waals surface area (Å²) in [5.41, 5.74) is -0.985. The summed E-state index contributed by atoms with van der Waals surface area (Å²) in [5, 5.41) is 8.68. The average molecular weight is 349 g/mol. The Morgan fingerprint density at radius 1 is 1.45 bits per heavy atom. The molecule has 20 heavy (non-hydrogen) atoms. The predicted octanol–water partition coefficient (Wildman–Crippen LogP) is 3.84. The number of carbonyl (C=O) groups excluding carboxylic acids is 1. The Balaban J connectivity index is 3.17. The molecular weight excluding hydrogens is 337 g/mol. The van der Waals surface area contributed by atoms with Crippen LogP contribution in [0.15, 0.2) is 22.7 Å². The molecular formula is C13H12BrF3N2O. The van der Waals surface area contributed by atoms with Gasteiger partial charge in [0.05, 0.1) is 17.2 Å². The van der Waals surface area contributed by atoms with Crippen LogP contribution in [0.1, 0.15) is 29.3 Å². The summed E-state index contributed by atoms with van der Waals surface area (Å²) < 4.78 is 38.3. The highest BCUT2D eigenvalue weighted by Gasteiger charge is 2.32. The van der Waals surface area contributed by atoms with Gasteiger partial charge in [-0.1, -0.05) is 6.92 Å². The molecule has 0 aliphatic heterocycles. The van der Waals surface area contributed by atoms with Crippen molar-refractivity contribution in [3.05, 3.63) is 33.8 Å². The first-order valence-electron chi connectivity index (χ1n) is 5.84. The first-order chi connectivity index (χ1) is 9.31. The van der Waals surface area contributed by atoms with E-state index in [0.29, 0.717) is 13.0 Å². The smallest absolute Gasteiger partial charge is 0.325 e. The average Bonchev–Trinajstić information content (AvgIpc) is 2.37. The second-order valence-corrected chi connectivity index (χ2v) is 4.93. The van der Waals surface area contributed by atoms with Gasteiger partial charge in [-0.15, -0.1) is 0 Å². The molecule has 0 spiro atoms. The van der Waals surface area contributed by atoms with Crippen molar-refractivity contribution >= 4 is 21.8 Å². The lowest BCUT2D eigenvalue weighted by Crippen LogP contribution is -2.32. The summed E-state index contributed by atoms with van der Waals surface area (Å²) in [6, 6.07) is 4.72. The summed E-state index contributed by atoms with van der Waals surface area (Å²) in [6.07, 6.45) is -3.90. The Morgan fingerprint density at radius 3 is 2.60 bits per heavy atom. The number of hydrogen-bond acceptors (Lipinski definition) is 2. The highest BCUT2D eigenvalue weighted by molar-refractivity contribution is 9.10. The van der Waals surface area contributed by atoms with E-state index in [2.05, 4.69) is 15.9 Å². The number of benzene rings is 1. The Morgan fingerprint density at radius 2 is 2.10 bits per heavy atom. The zero-order valence-electron chi connectivity index (χ0n) is 10.7. The highest BCUT2D eigenvalue weighted by atomic mass is 79.9. The van der Waals surface area contributed by atoms with E-state index in [-0.39, 0.29) is 16.6 Å². The normalized spacial score (nSPS) is 11.0. The zero-order chi connectivity index (χ0) is 15.3. The Bertz CT molecular complexity index is 537. The van der Waals surface area contributed by atoms with Crippen LogP contribution in [0.4, 0.5) is 13.2 Å². The SMILES string of the molecule is CCCN(CC#N)C(=O)c1cc(C(F)(F)F)ccc1Br. The Hall–Kier alpha value is -1.55. The van der Waals surface area contributed by atoms with Crippen LogP contribution in [-0.4, -0.2) is 23.9 Å². The Kier molecular flexibility index (Phi) is 5.57. The van der Waals surface area contributed by atoms with Gasteiger partial charge in [-0.05, 0) is 40.5 Å². The van der Waals surface area contributed by atoms with Crippen LogP contribution in [-0.2, 0) is 6.18 Å². The third-order valence-corrected chi connectivity index (χ3v) is 3.26. The fourth-order valence-electron chi connectivity index (χ4n) is 1.64. The predicted molar refractivity (Wildman–Crippen MR) is 71.0 cm³/mol. The zero-order valence-corrected chi connectivity index (χ0v) is 12.3. The lowest BCUT2D eigenvalue weighted by atomic mass is 10.1. The van der Waals surface area contributed by atoms with E-state index >= 15 is 0 Å². The van der Waals surface area contributed by atoms with Crippen molar-refractivity contribution in [3.8, 4) is 6.07 Å². The topological polar surface area (TPSA) is 44.1 Å². The first-order valence-corrected chi connectivity index (χ1v) is 6.63. The van der Waals surface area contributed by atoms with Crippen molar-refractivity contribution in [2.24, 2.45) is 0 Å². The number of alkyl halides is 3. The van der Waals surface area contributed by atoms with Crippen LogP contribution in [0.2, 0.25) is 0 Å². The maximum atomic E-state index is 12.7. The molecule has 0 bridgehead atoms. The van der Waals surface area contributed by atoms with Crippen LogP contribution < -0.4 is 0 Å². The van der Waals surface area contributed by atoms with Gasteiger partial charge in [0.15, 0.2) is 0 Å². The molecule has 108 valence electrons. The van der Waals surface area contributed by atoms with Crippen molar-refractivity contribution in [2.45, 2.75) is 19.5 Å². The van der Waals surface area contributed by atoms with Crippen molar-refractivity contribution in [2.75, 3.05) is 13.1 Å². The van der Waals surface area contributed by atoms with Crippen LogP contribution in [0.3, 0.4) is 0 Å². The number of hydrogen-bond donors (Lipinski definition) is 0. The molecule has 0 N–H and O–H groups in total. The maximum absolute atomic E-state index is 12.7. The standard InChI is InChI=1S/C13H12BrF3N2O/c1-2-6-19(7-5-18)12(20)10-8-9(13(15,16)17)3-4-11(10)14/h3-4,8H,2,6-7H2,1H3. The monoisotopic (exact) mass is 348 g/mol. The lowest BCUT2D eigenvalue weighted by Gasteiger charge is -2.20. The molecule has 0 saturated carbocycles. The summed E-state index contributed by atoms with van der Waals surface area (Å²) >= 11 is 3.07. The first kappa shape index (κ1) is 16.5. The molecule has 0 fully saturated rings.